The molecule has 0 aromatic heterocycles. The molecular formula is C12H20O. The quantitative estimate of drug-likeness (QED) is 0.615. The van der Waals surface area contributed by atoms with E-state index in [4.69, 9.17) is 5.11 Å². The fourth-order valence-corrected chi connectivity index (χ4v) is 1.26. The second kappa shape index (κ2) is 6.97. The minimum absolute atomic E-state index is 0.417. The molecule has 0 unspecified atom stereocenters. The molecule has 74 valence electrons. The van der Waals surface area contributed by atoms with Gasteiger partial charge in [-0.2, -0.15) is 0 Å². The highest BCUT2D eigenvalue weighted by Crippen LogP contribution is 2.27. The van der Waals surface area contributed by atoms with Gasteiger partial charge in [0.05, 0.1) is 0 Å². The average molecular weight is 180 g/mol. The van der Waals surface area contributed by atoms with E-state index in [0.29, 0.717) is 12.5 Å². The van der Waals surface area contributed by atoms with Crippen LogP contribution in [0.3, 0.4) is 0 Å². The van der Waals surface area contributed by atoms with Gasteiger partial charge in [-0.3, -0.25) is 0 Å². The zero-order chi connectivity index (χ0) is 9.36. The van der Waals surface area contributed by atoms with Crippen LogP contribution in [0, 0.1) is 17.8 Å². The van der Waals surface area contributed by atoms with E-state index in [1.54, 1.807) is 0 Å². The lowest BCUT2D eigenvalue weighted by Crippen LogP contribution is -1.80. The Morgan fingerprint density at radius 3 is 1.77 bits per heavy atom. The molecule has 1 N–H and O–H groups in total. The van der Waals surface area contributed by atoms with E-state index >= 15 is 0 Å². The highest BCUT2D eigenvalue weighted by molar-refractivity contribution is 4.99. The van der Waals surface area contributed by atoms with E-state index in [1.807, 2.05) is 0 Å². The normalized spacial score (nSPS) is 21.3. The Kier molecular flexibility index (Phi) is 5.69. The summed E-state index contributed by atoms with van der Waals surface area (Å²) >= 11 is 0. The van der Waals surface area contributed by atoms with E-state index in [1.165, 1.54) is 38.5 Å². The highest BCUT2D eigenvalue weighted by Gasteiger charge is 2.18. The van der Waals surface area contributed by atoms with Crippen molar-refractivity contribution in [3.63, 3.8) is 0 Å². The van der Waals surface area contributed by atoms with Crippen molar-refractivity contribution in [2.45, 2.75) is 51.4 Å². The highest BCUT2D eigenvalue weighted by atomic mass is 16.3. The second-order valence-corrected chi connectivity index (χ2v) is 3.89. The van der Waals surface area contributed by atoms with Crippen LogP contribution in [0.15, 0.2) is 0 Å². The van der Waals surface area contributed by atoms with E-state index in [2.05, 4.69) is 11.8 Å². The fourth-order valence-electron chi connectivity index (χ4n) is 1.26. The Bertz CT molecular complexity index is 159. The third kappa shape index (κ3) is 6.66. The van der Waals surface area contributed by atoms with Crippen LogP contribution in [-0.2, 0) is 0 Å². The van der Waals surface area contributed by atoms with Gasteiger partial charge >= 0.3 is 0 Å². The van der Waals surface area contributed by atoms with Crippen LogP contribution in [0.4, 0.5) is 0 Å². The van der Waals surface area contributed by atoms with Crippen molar-refractivity contribution in [3.8, 4) is 11.8 Å². The van der Waals surface area contributed by atoms with Crippen LogP contribution in [0.5, 0.6) is 0 Å². The lowest BCUT2D eigenvalue weighted by atomic mass is 10.1. The molecule has 0 amide bonds. The molecule has 13 heavy (non-hydrogen) atoms. The number of aliphatic hydroxyl groups excluding tert-OH is 1. The summed E-state index contributed by atoms with van der Waals surface area (Å²) in [4.78, 5) is 0. The third-order valence-corrected chi connectivity index (χ3v) is 2.43. The van der Waals surface area contributed by atoms with E-state index in [0.717, 1.165) is 12.8 Å². The Morgan fingerprint density at radius 2 is 1.46 bits per heavy atom. The molecule has 2 rings (SSSR count). The lowest BCUT2D eigenvalue weighted by molar-refractivity contribution is 0.277. The van der Waals surface area contributed by atoms with Gasteiger partial charge in [-0.1, -0.05) is 12.8 Å². The Balaban J connectivity index is 0.000000145. The topological polar surface area (TPSA) is 20.2 Å². The summed E-state index contributed by atoms with van der Waals surface area (Å²) in [6.45, 7) is 0.417. The molecule has 1 saturated carbocycles. The maximum Gasteiger partial charge on any atom is 0.0459 e. The molecule has 0 radical (unpaired) electrons. The maximum absolute atomic E-state index is 8.21. The van der Waals surface area contributed by atoms with Crippen LogP contribution in [0.1, 0.15) is 51.4 Å². The molecular weight excluding hydrogens is 160 g/mol. The van der Waals surface area contributed by atoms with Gasteiger partial charge in [-0.15, -0.1) is 11.8 Å². The SMILES string of the molecule is C1#CCCCCCC1.OCC1CC1. The number of rotatable bonds is 1. The predicted molar refractivity (Wildman–Crippen MR) is 55.3 cm³/mol. The van der Waals surface area contributed by atoms with Crippen LogP contribution in [-0.4, -0.2) is 11.7 Å². The summed E-state index contributed by atoms with van der Waals surface area (Å²) in [5.74, 6) is 6.96. The van der Waals surface area contributed by atoms with Crippen molar-refractivity contribution in [1.29, 1.82) is 0 Å². The third-order valence-electron chi connectivity index (χ3n) is 2.43. The smallest absolute Gasteiger partial charge is 0.0459 e. The predicted octanol–water partition coefficient (Wildman–Crippen LogP) is 2.73. The second-order valence-electron chi connectivity index (χ2n) is 3.89. The minimum Gasteiger partial charge on any atom is -0.396 e. The fraction of sp³-hybridized carbons (Fsp3) is 0.833. The van der Waals surface area contributed by atoms with Crippen molar-refractivity contribution >= 4 is 0 Å². The van der Waals surface area contributed by atoms with Gasteiger partial charge in [0.1, 0.15) is 0 Å². The molecule has 0 heterocycles. The Labute approximate surface area is 81.5 Å². The molecule has 0 spiro atoms. The van der Waals surface area contributed by atoms with Crippen LogP contribution in [0.2, 0.25) is 0 Å². The van der Waals surface area contributed by atoms with E-state index in [-0.39, 0.29) is 0 Å². The zero-order valence-electron chi connectivity index (χ0n) is 8.39. The summed E-state index contributed by atoms with van der Waals surface area (Å²) in [7, 11) is 0. The molecule has 1 heteroatoms. The summed E-state index contributed by atoms with van der Waals surface area (Å²) in [6, 6.07) is 0. The first-order valence-corrected chi connectivity index (χ1v) is 5.50. The van der Waals surface area contributed by atoms with Gasteiger partial charge in [0.15, 0.2) is 0 Å². The largest absolute Gasteiger partial charge is 0.396 e. The summed E-state index contributed by atoms with van der Waals surface area (Å²) in [5, 5.41) is 8.21. The molecule has 0 bridgehead atoms. The van der Waals surface area contributed by atoms with Gasteiger partial charge in [0.25, 0.3) is 0 Å². The average Bonchev–Trinajstić information content (AvgIpc) is 2.85. The number of hydrogen-bond donors (Lipinski definition) is 1. The van der Waals surface area contributed by atoms with Crippen molar-refractivity contribution in [3.05, 3.63) is 0 Å². The minimum atomic E-state index is 0.417. The lowest BCUT2D eigenvalue weighted by Gasteiger charge is -1.97. The molecule has 0 aromatic rings. The van der Waals surface area contributed by atoms with Crippen molar-refractivity contribution < 1.29 is 5.11 Å². The van der Waals surface area contributed by atoms with E-state index in [9.17, 15) is 0 Å². The molecule has 0 aliphatic heterocycles. The molecule has 2 aliphatic rings. The maximum atomic E-state index is 8.21. The number of aliphatic hydroxyl groups is 1. The summed E-state index contributed by atoms with van der Waals surface area (Å²) in [6.07, 6.45) is 10.2. The molecule has 1 fully saturated rings. The summed E-state index contributed by atoms with van der Waals surface area (Å²) < 4.78 is 0. The van der Waals surface area contributed by atoms with Gasteiger partial charge < -0.3 is 5.11 Å². The first-order chi connectivity index (χ1) is 6.43. The van der Waals surface area contributed by atoms with Gasteiger partial charge in [0.2, 0.25) is 0 Å². The van der Waals surface area contributed by atoms with Crippen LogP contribution >= 0.6 is 0 Å². The zero-order valence-corrected chi connectivity index (χ0v) is 8.39. The van der Waals surface area contributed by atoms with Crippen LogP contribution in [0.25, 0.3) is 0 Å². The van der Waals surface area contributed by atoms with Crippen molar-refractivity contribution in [1.82, 2.24) is 0 Å². The van der Waals surface area contributed by atoms with Crippen molar-refractivity contribution in [2.75, 3.05) is 6.61 Å². The molecule has 0 saturated heterocycles. The molecule has 2 aliphatic carbocycles. The first kappa shape index (κ1) is 10.6. The Morgan fingerprint density at radius 1 is 0.923 bits per heavy atom. The first-order valence-electron chi connectivity index (χ1n) is 5.50. The number of hydrogen-bond acceptors (Lipinski definition) is 1. The van der Waals surface area contributed by atoms with Crippen LogP contribution < -0.4 is 0 Å². The van der Waals surface area contributed by atoms with E-state index < -0.39 is 0 Å². The monoisotopic (exact) mass is 180 g/mol. The molecule has 0 atom stereocenters. The van der Waals surface area contributed by atoms with Gasteiger partial charge in [0, 0.05) is 19.4 Å². The molecule has 0 aromatic carbocycles. The molecule has 1 nitrogen and oxygen atoms in total. The summed E-state index contributed by atoms with van der Waals surface area (Å²) in [5.41, 5.74) is 0. The standard InChI is InChI=1S/C8H12.C4H8O/c1-2-4-6-8-7-5-3-1;5-3-4-1-2-4/h1-6H2;4-5H,1-3H2. The van der Waals surface area contributed by atoms with Crippen molar-refractivity contribution in [2.24, 2.45) is 5.92 Å². The van der Waals surface area contributed by atoms with Gasteiger partial charge in [-0.25, -0.2) is 0 Å². The Hall–Kier alpha value is -0.480. The van der Waals surface area contributed by atoms with Gasteiger partial charge in [-0.05, 0) is 31.6 Å².